The SMILES string of the molecule is O=C(OF)C(=O)OF.[B]. The summed E-state index contributed by atoms with van der Waals surface area (Å²) in [7, 11) is 0. The molecular formula is C2BF2O4. The monoisotopic (exact) mass is 137 g/mol. The first kappa shape index (κ1) is 10.8. The molecule has 0 N–H and O–H groups in total. The highest BCUT2D eigenvalue weighted by Crippen LogP contribution is 1.83. The zero-order chi connectivity index (χ0) is 6.57. The first-order valence-corrected chi connectivity index (χ1v) is 1.38. The zero-order valence-electron chi connectivity index (χ0n) is 3.97. The van der Waals surface area contributed by atoms with Crippen LogP contribution < -0.4 is 0 Å². The molecule has 9 heavy (non-hydrogen) atoms. The standard InChI is InChI=1S/C2F2O4.B/c3-7-1(5)2(6)8-4;. The molecule has 49 valence electrons. The molecule has 0 fully saturated rings. The van der Waals surface area contributed by atoms with Crippen molar-refractivity contribution >= 4 is 20.4 Å². The summed E-state index contributed by atoms with van der Waals surface area (Å²) in [6.07, 6.45) is 0. The molecule has 0 aliphatic rings. The van der Waals surface area contributed by atoms with Gasteiger partial charge in [-0.1, -0.05) is 0 Å². The molecule has 7 heteroatoms. The van der Waals surface area contributed by atoms with Crippen molar-refractivity contribution in [2.45, 2.75) is 0 Å². The molecule has 0 saturated heterocycles. The number of halogens is 2. The topological polar surface area (TPSA) is 52.6 Å². The largest absolute Gasteiger partial charge is 0.459 e. The number of rotatable bonds is 0. The van der Waals surface area contributed by atoms with E-state index in [1.807, 2.05) is 0 Å². The maximum absolute atomic E-state index is 10.5. The van der Waals surface area contributed by atoms with E-state index in [0.717, 1.165) is 0 Å². The quantitative estimate of drug-likeness (QED) is 0.332. The lowest BCUT2D eigenvalue weighted by Gasteiger charge is -1.82. The molecule has 0 unspecified atom stereocenters. The Morgan fingerprint density at radius 3 is 1.33 bits per heavy atom. The van der Waals surface area contributed by atoms with Gasteiger partial charge >= 0.3 is 11.9 Å². The molecule has 0 rings (SSSR count). The van der Waals surface area contributed by atoms with Crippen LogP contribution in [-0.4, -0.2) is 20.4 Å². The van der Waals surface area contributed by atoms with Gasteiger partial charge in [0.05, 0.1) is 0 Å². The van der Waals surface area contributed by atoms with Crippen molar-refractivity contribution < 1.29 is 28.5 Å². The summed E-state index contributed by atoms with van der Waals surface area (Å²) in [6, 6.07) is 0. The van der Waals surface area contributed by atoms with Crippen molar-refractivity contribution in [2.24, 2.45) is 0 Å². The van der Waals surface area contributed by atoms with Crippen molar-refractivity contribution in [3.8, 4) is 0 Å². The number of hydrogen-bond donors (Lipinski definition) is 0. The first-order chi connectivity index (χ1) is 3.72. The van der Waals surface area contributed by atoms with E-state index in [1.54, 1.807) is 0 Å². The Morgan fingerprint density at radius 1 is 1.00 bits per heavy atom. The average molecular weight is 137 g/mol. The normalized spacial score (nSPS) is 6.89. The summed E-state index contributed by atoms with van der Waals surface area (Å²) >= 11 is 0. The molecule has 0 atom stereocenters. The summed E-state index contributed by atoms with van der Waals surface area (Å²) in [6.45, 7) is 0. The van der Waals surface area contributed by atoms with Gasteiger partial charge in [-0.05, 0) is 0 Å². The maximum Gasteiger partial charge on any atom is 0.459 e. The molecule has 4 nitrogen and oxygen atoms in total. The van der Waals surface area contributed by atoms with E-state index in [1.165, 1.54) is 0 Å². The molecule has 0 spiro atoms. The van der Waals surface area contributed by atoms with Crippen LogP contribution in [-0.2, 0) is 19.5 Å². The summed E-state index contributed by atoms with van der Waals surface area (Å²) in [4.78, 5) is 23.4. The van der Waals surface area contributed by atoms with E-state index in [0.29, 0.717) is 0 Å². The lowest BCUT2D eigenvalue weighted by atomic mass is 10.7. The Morgan fingerprint density at radius 2 is 1.22 bits per heavy atom. The van der Waals surface area contributed by atoms with E-state index < -0.39 is 11.9 Å². The van der Waals surface area contributed by atoms with Gasteiger partial charge < -0.3 is 0 Å². The molecule has 3 radical (unpaired) electrons. The van der Waals surface area contributed by atoms with Crippen LogP contribution in [0.1, 0.15) is 0 Å². The van der Waals surface area contributed by atoms with Gasteiger partial charge in [-0.15, -0.1) is 0 Å². The second kappa shape index (κ2) is 5.01. The number of carbonyl (C=O) groups excluding carboxylic acids is 2. The van der Waals surface area contributed by atoms with Gasteiger partial charge in [0.25, 0.3) is 0 Å². The second-order valence-electron chi connectivity index (χ2n) is 0.729. The third-order valence-corrected chi connectivity index (χ3v) is 0.307. The van der Waals surface area contributed by atoms with Crippen LogP contribution in [0.3, 0.4) is 0 Å². The predicted molar refractivity (Wildman–Crippen MR) is 20.2 cm³/mol. The fraction of sp³-hybridized carbons (Fsp3) is 0. The zero-order valence-corrected chi connectivity index (χ0v) is 3.97. The summed E-state index contributed by atoms with van der Waals surface area (Å²) < 4.78 is 21.0. The highest BCUT2D eigenvalue weighted by atomic mass is 19.3. The molecule has 0 amide bonds. The molecule has 0 saturated carbocycles. The highest BCUT2D eigenvalue weighted by molar-refractivity contribution is 6.29. The third-order valence-electron chi connectivity index (χ3n) is 0.307. The van der Waals surface area contributed by atoms with Crippen LogP contribution in [0.15, 0.2) is 0 Å². The number of carbonyl (C=O) groups is 2. The lowest BCUT2D eigenvalue weighted by Crippen LogP contribution is -2.13. The minimum Gasteiger partial charge on any atom is -0.242 e. The summed E-state index contributed by atoms with van der Waals surface area (Å²) in [5.74, 6) is -4.04. The third kappa shape index (κ3) is 3.45. The van der Waals surface area contributed by atoms with Gasteiger partial charge in [-0.2, -0.15) is 0 Å². The smallest absolute Gasteiger partial charge is 0.242 e. The first-order valence-electron chi connectivity index (χ1n) is 1.38. The molecule has 0 aromatic heterocycles. The summed E-state index contributed by atoms with van der Waals surface area (Å²) in [5, 5.41) is 0. The van der Waals surface area contributed by atoms with Crippen LogP contribution in [0.25, 0.3) is 0 Å². The second-order valence-corrected chi connectivity index (χ2v) is 0.729. The van der Waals surface area contributed by atoms with Gasteiger partial charge in [0, 0.05) is 17.5 Å². The molecule has 0 aliphatic carbocycles. The predicted octanol–water partition coefficient (Wildman–Crippen LogP) is -0.539. The highest BCUT2D eigenvalue weighted by Gasteiger charge is 2.18. The van der Waals surface area contributed by atoms with E-state index >= 15 is 0 Å². The van der Waals surface area contributed by atoms with Gasteiger partial charge in [0.15, 0.2) is 0 Å². The van der Waals surface area contributed by atoms with E-state index in [-0.39, 0.29) is 8.41 Å². The Bertz CT molecular complexity index is 101. The fourth-order valence-electron chi connectivity index (χ4n) is 0.0630. The van der Waals surface area contributed by atoms with Crippen molar-refractivity contribution in [2.75, 3.05) is 0 Å². The van der Waals surface area contributed by atoms with E-state index in [4.69, 9.17) is 0 Å². The van der Waals surface area contributed by atoms with Gasteiger partial charge in [-0.25, -0.2) is 19.5 Å². The molecule has 0 heterocycles. The van der Waals surface area contributed by atoms with Crippen LogP contribution >= 0.6 is 0 Å². The Kier molecular flexibility index (Phi) is 6.00. The molecular weight excluding hydrogens is 137 g/mol. The van der Waals surface area contributed by atoms with Crippen LogP contribution in [0.5, 0.6) is 0 Å². The molecule has 0 bridgehead atoms. The fourth-order valence-corrected chi connectivity index (χ4v) is 0.0630. The van der Waals surface area contributed by atoms with Gasteiger partial charge in [-0.3, -0.25) is 0 Å². The van der Waals surface area contributed by atoms with Crippen molar-refractivity contribution in [1.82, 2.24) is 0 Å². The molecule has 0 aliphatic heterocycles. The Labute approximate surface area is 50.1 Å². The number of hydrogen-bond acceptors (Lipinski definition) is 4. The molecule has 0 aromatic rings. The van der Waals surface area contributed by atoms with E-state index in [2.05, 4.69) is 9.88 Å². The van der Waals surface area contributed by atoms with Crippen molar-refractivity contribution in [3.63, 3.8) is 0 Å². The van der Waals surface area contributed by atoms with Crippen LogP contribution in [0.4, 0.5) is 9.05 Å². The van der Waals surface area contributed by atoms with Crippen molar-refractivity contribution in [1.29, 1.82) is 0 Å². The average Bonchev–Trinajstić information content (AvgIpc) is 1.84. The van der Waals surface area contributed by atoms with Crippen LogP contribution in [0.2, 0.25) is 0 Å². The Balaban J connectivity index is 0. The van der Waals surface area contributed by atoms with Gasteiger partial charge in [0.1, 0.15) is 0 Å². The van der Waals surface area contributed by atoms with E-state index in [9.17, 15) is 18.6 Å². The Hall–Kier alpha value is -1.14. The summed E-state index contributed by atoms with van der Waals surface area (Å²) in [5.41, 5.74) is 0. The minimum absolute atomic E-state index is 0. The maximum atomic E-state index is 10.5. The lowest BCUT2D eigenvalue weighted by molar-refractivity contribution is -0.212. The minimum atomic E-state index is -2.02. The van der Waals surface area contributed by atoms with Crippen molar-refractivity contribution in [3.05, 3.63) is 0 Å². The van der Waals surface area contributed by atoms with Crippen LogP contribution in [0, 0.1) is 0 Å². The molecule has 0 aromatic carbocycles. The van der Waals surface area contributed by atoms with Gasteiger partial charge in [0.2, 0.25) is 0 Å².